The highest BCUT2D eigenvalue weighted by Gasteiger charge is 2.20. The first-order valence-electron chi connectivity index (χ1n) is 6.80. The van der Waals surface area contributed by atoms with Gasteiger partial charge in [-0.3, -0.25) is 0 Å². The number of anilines is 1. The molecule has 1 aromatic rings. The molecule has 1 heterocycles. The molecule has 0 atom stereocenters. The molecule has 1 aliphatic rings. The highest BCUT2D eigenvalue weighted by atomic mass is 15.0. The van der Waals surface area contributed by atoms with Gasteiger partial charge in [-0.25, -0.2) is 9.97 Å². The van der Waals surface area contributed by atoms with Crippen molar-refractivity contribution in [2.75, 3.05) is 5.32 Å². The second-order valence-corrected chi connectivity index (χ2v) is 6.29. The fourth-order valence-electron chi connectivity index (χ4n) is 2.32. The van der Waals surface area contributed by atoms with Crippen molar-refractivity contribution in [2.45, 2.75) is 64.0 Å². The van der Waals surface area contributed by atoms with Gasteiger partial charge in [0.15, 0.2) is 0 Å². The van der Waals surface area contributed by atoms with Crippen LogP contribution in [-0.2, 0) is 5.41 Å². The van der Waals surface area contributed by atoms with Gasteiger partial charge >= 0.3 is 0 Å². The van der Waals surface area contributed by atoms with Gasteiger partial charge in [-0.05, 0) is 25.7 Å². The summed E-state index contributed by atoms with van der Waals surface area (Å²) >= 11 is 0. The number of nitrogens with two attached hydrogens (primary N) is 1. The number of hydrogen-bond acceptors (Lipinski definition) is 4. The van der Waals surface area contributed by atoms with Gasteiger partial charge in [-0.1, -0.05) is 20.8 Å². The lowest BCUT2D eigenvalue weighted by Crippen LogP contribution is -2.33. The van der Waals surface area contributed by atoms with Crippen LogP contribution in [0.5, 0.6) is 0 Å². The molecule has 1 aliphatic carbocycles. The summed E-state index contributed by atoms with van der Waals surface area (Å²) in [5, 5.41) is 3.51. The molecule has 18 heavy (non-hydrogen) atoms. The summed E-state index contributed by atoms with van der Waals surface area (Å²) in [5.74, 6) is 0.940. The molecule has 0 radical (unpaired) electrons. The topological polar surface area (TPSA) is 63.8 Å². The minimum atomic E-state index is 0.0638. The second kappa shape index (κ2) is 5.22. The van der Waals surface area contributed by atoms with Crippen molar-refractivity contribution >= 4 is 5.82 Å². The van der Waals surface area contributed by atoms with Crippen LogP contribution in [-0.4, -0.2) is 22.1 Å². The third-order valence-corrected chi connectivity index (χ3v) is 3.56. The highest BCUT2D eigenvalue weighted by Crippen LogP contribution is 2.24. The predicted molar refractivity (Wildman–Crippen MR) is 74.6 cm³/mol. The first kappa shape index (κ1) is 13.3. The molecular weight excluding hydrogens is 224 g/mol. The van der Waals surface area contributed by atoms with Crippen LogP contribution in [0.1, 0.15) is 52.1 Å². The summed E-state index contributed by atoms with van der Waals surface area (Å²) in [5.41, 5.74) is 7.06. The average Bonchev–Trinajstić information content (AvgIpc) is 2.31. The minimum Gasteiger partial charge on any atom is -0.367 e. The molecule has 2 rings (SSSR count). The maximum atomic E-state index is 5.92. The normalized spacial score (nSPS) is 24.9. The van der Waals surface area contributed by atoms with Crippen molar-refractivity contribution in [3.05, 3.63) is 18.1 Å². The Bertz CT molecular complexity index is 389. The third kappa shape index (κ3) is 3.42. The number of aromatic nitrogens is 2. The van der Waals surface area contributed by atoms with E-state index in [1.165, 1.54) is 0 Å². The Morgan fingerprint density at radius 3 is 2.44 bits per heavy atom. The Balaban J connectivity index is 2.01. The van der Waals surface area contributed by atoms with Gasteiger partial charge in [0.25, 0.3) is 0 Å². The summed E-state index contributed by atoms with van der Waals surface area (Å²) in [6, 6.07) is 2.96. The second-order valence-electron chi connectivity index (χ2n) is 6.29. The van der Waals surface area contributed by atoms with Crippen molar-refractivity contribution < 1.29 is 0 Å². The van der Waals surface area contributed by atoms with Crippen LogP contribution < -0.4 is 11.1 Å². The maximum Gasteiger partial charge on any atom is 0.129 e. The van der Waals surface area contributed by atoms with E-state index in [-0.39, 0.29) is 5.41 Å². The number of nitrogens with one attached hydrogen (secondary N) is 1. The quantitative estimate of drug-likeness (QED) is 0.844. The molecule has 4 heteroatoms. The molecule has 1 fully saturated rings. The zero-order valence-corrected chi connectivity index (χ0v) is 11.6. The summed E-state index contributed by atoms with van der Waals surface area (Å²) in [6.07, 6.45) is 6.13. The Morgan fingerprint density at radius 2 is 1.83 bits per heavy atom. The van der Waals surface area contributed by atoms with Gasteiger partial charge in [0.1, 0.15) is 12.1 Å². The van der Waals surface area contributed by atoms with Crippen molar-refractivity contribution in [1.82, 2.24) is 9.97 Å². The molecule has 3 N–H and O–H groups in total. The van der Waals surface area contributed by atoms with E-state index in [0.29, 0.717) is 12.1 Å². The Labute approximate surface area is 109 Å². The molecule has 0 saturated heterocycles. The molecule has 0 amide bonds. The fourth-order valence-corrected chi connectivity index (χ4v) is 2.32. The zero-order valence-electron chi connectivity index (χ0n) is 11.6. The smallest absolute Gasteiger partial charge is 0.129 e. The van der Waals surface area contributed by atoms with Crippen LogP contribution >= 0.6 is 0 Å². The lowest BCUT2D eigenvalue weighted by Gasteiger charge is -2.27. The zero-order chi connectivity index (χ0) is 13.2. The van der Waals surface area contributed by atoms with Crippen LogP contribution in [0.15, 0.2) is 12.4 Å². The van der Waals surface area contributed by atoms with Crippen molar-refractivity contribution in [1.29, 1.82) is 0 Å². The van der Waals surface area contributed by atoms with Gasteiger partial charge < -0.3 is 11.1 Å². The SMILES string of the molecule is CC(C)(C)c1cc(N[C@H]2CC[C@@H](N)CC2)ncn1. The molecule has 100 valence electrons. The standard InChI is InChI=1S/C14H24N4/c1-14(2,3)12-8-13(17-9-16-12)18-11-6-4-10(15)5-7-11/h8-11H,4-7,15H2,1-3H3,(H,16,17,18)/t10-,11+. The van der Waals surface area contributed by atoms with Crippen molar-refractivity contribution in [2.24, 2.45) is 5.73 Å². The summed E-state index contributed by atoms with van der Waals surface area (Å²) in [7, 11) is 0. The summed E-state index contributed by atoms with van der Waals surface area (Å²) < 4.78 is 0. The van der Waals surface area contributed by atoms with Crippen LogP contribution in [0.4, 0.5) is 5.82 Å². The van der Waals surface area contributed by atoms with E-state index in [1.807, 2.05) is 0 Å². The van der Waals surface area contributed by atoms with Gasteiger partial charge in [-0.2, -0.15) is 0 Å². The van der Waals surface area contributed by atoms with Gasteiger partial charge in [0.05, 0.1) is 5.69 Å². The molecule has 1 aromatic heterocycles. The van der Waals surface area contributed by atoms with Crippen LogP contribution in [0.25, 0.3) is 0 Å². The molecule has 0 spiro atoms. The molecule has 0 unspecified atom stereocenters. The monoisotopic (exact) mass is 248 g/mol. The van der Waals surface area contributed by atoms with E-state index < -0.39 is 0 Å². The van der Waals surface area contributed by atoms with Crippen LogP contribution in [0, 0.1) is 0 Å². The van der Waals surface area contributed by atoms with Gasteiger partial charge in [0, 0.05) is 23.6 Å². The summed E-state index contributed by atoms with van der Waals surface area (Å²) in [6.45, 7) is 6.50. The van der Waals surface area contributed by atoms with E-state index >= 15 is 0 Å². The van der Waals surface area contributed by atoms with E-state index in [1.54, 1.807) is 6.33 Å². The van der Waals surface area contributed by atoms with Crippen LogP contribution in [0.2, 0.25) is 0 Å². The summed E-state index contributed by atoms with van der Waals surface area (Å²) in [4.78, 5) is 8.66. The Morgan fingerprint density at radius 1 is 1.17 bits per heavy atom. The third-order valence-electron chi connectivity index (χ3n) is 3.56. The number of rotatable bonds is 2. The highest BCUT2D eigenvalue weighted by molar-refractivity contribution is 5.37. The number of hydrogen-bond donors (Lipinski definition) is 2. The Hall–Kier alpha value is -1.16. The minimum absolute atomic E-state index is 0.0638. The van der Waals surface area contributed by atoms with Crippen molar-refractivity contribution in [3.8, 4) is 0 Å². The molecule has 0 aliphatic heterocycles. The first-order chi connectivity index (χ1) is 8.45. The van der Waals surface area contributed by atoms with E-state index in [2.05, 4.69) is 42.1 Å². The van der Waals surface area contributed by atoms with Crippen molar-refractivity contribution in [3.63, 3.8) is 0 Å². The largest absolute Gasteiger partial charge is 0.367 e. The fraction of sp³-hybridized carbons (Fsp3) is 0.714. The maximum absolute atomic E-state index is 5.92. The van der Waals surface area contributed by atoms with Crippen LogP contribution in [0.3, 0.4) is 0 Å². The molecule has 0 bridgehead atoms. The molecule has 4 nitrogen and oxygen atoms in total. The van der Waals surface area contributed by atoms with E-state index in [4.69, 9.17) is 5.73 Å². The number of nitrogens with zero attached hydrogens (tertiary/aromatic N) is 2. The predicted octanol–water partition coefficient (Wildman–Crippen LogP) is 2.46. The molecule has 0 aromatic carbocycles. The lowest BCUT2D eigenvalue weighted by atomic mass is 9.91. The van der Waals surface area contributed by atoms with Gasteiger partial charge in [0.2, 0.25) is 0 Å². The molecular formula is C14H24N4. The Kier molecular flexibility index (Phi) is 3.85. The van der Waals surface area contributed by atoms with E-state index in [9.17, 15) is 0 Å². The van der Waals surface area contributed by atoms with Gasteiger partial charge in [-0.15, -0.1) is 0 Å². The molecule has 1 saturated carbocycles. The lowest BCUT2D eigenvalue weighted by molar-refractivity contribution is 0.410. The first-order valence-corrected chi connectivity index (χ1v) is 6.80. The van der Waals surface area contributed by atoms with E-state index in [0.717, 1.165) is 37.2 Å². The average molecular weight is 248 g/mol.